The molecule has 4 aromatic rings. The minimum atomic E-state index is 0.511. The standard InChI is InChI=1S/C19H15N5O2/c1-25-17-5-4-16-22-18(13-3-2-12-6-7-26-15(12)8-13)19(24(16)23-17)14-9-20-11-21-10-14/h2-5,8-11H,6-7H2,1H3. The Morgan fingerprint density at radius 2 is 1.96 bits per heavy atom. The van der Waals surface area contributed by atoms with Crippen molar-refractivity contribution in [2.24, 2.45) is 0 Å². The van der Waals surface area contributed by atoms with Crippen LogP contribution in [0.5, 0.6) is 11.6 Å². The van der Waals surface area contributed by atoms with Crippen molar-refractivity contribution in [3.63, 3.8) is 0 Å². The minimum absolute atomic E-state index is 0.511. The van der Waals surface area contributed by atoms with E-state index in [1.807, 2.05) is 12.1 Å². The highest BCUT2D eigenvalue weighted by atomic mass is 16.5. The number of fused-ring (bicyclic) bond motifs is 2. The van der Waals surface area contributed by atoms with Crippen LogP contribution in [0.1, 0.15) is 5.56 Å². The number of hydrogen-bond donors (Lipinski definition) is 0. The zero-order valence-electron chi connectivity index (χ0n) is 14.1. The first kappa shape index (κ1) is 14.8. The molecule has 26 heavy (non-hydrogen) atoms. The first-order valence-corrected chi connectivity index (χ1v) is 8.29. The SMILES string of the molecule is COc1ccc2nc(-c3ccc4c(c3)OCC4)c(-c3cncnc3)n2n1. The van der Waals surface area contributed by atoms with Crippen LogP contribution in [0.25, 0.3) is 28.2 Å². The summed E-state index contributed by atoms with van der Waals surface area (Å²) in [5, 5.41) is 4.53. The lowest BCUT2D eigenvalue weighted by atomic mass is 10.0. The lowest BCUT2D eigenvalue weighted by Crippen LogP contribution is -1.98. The second-order valence-corrected chi connectivity index (χ2v) is 6.00. The topological polar surface area (TPSA) is 74.4 Å². The molecule has 7 nitrogen and oxygen atoms in total. The molecule has 0 atom stereocenters. The van der Waals surface area contributed by atoms with Crippen molar-refractivity contribution in [3.05, 3.63) is 54.6 Å². The van der Waals surface area contributed by atoms with Crippen LogP contribution in [0.2, 0.25) is 0 Å². The van der Waals surface area contributed by atoms with Gasteiger partial charge in [-0.25, -0.2) is 19.5 Å². The smallest absolute Gasteiger partial charge is 0.231 e. The fourth-order valence-corrected chi connectivity index (χ4v) is 3.22. The van der Waals surface area contributed by atoms with Crippen molar-refractivity contribution >= 4 is 5.65 Å². The summed E-state index contributed by atoms with van der Waals surface area (Å²) in [6.45, 7) is 0.724. The van der Waals surface area contributed by atoms with E-state index in [2.05, 4.69) is 27.2 Å². The Balaban J connectivity index is 1.79. The molecule has 1 aromatic carbocycles. The number of nitrogens with zero attached hydrogens (tertiary/aromatic N) is 5. The zero-order valence-corrected chi connectivity index (χ0v) is 14.1. The summed E-state index contributed by atoms with van der Waals surface area (Å²) >= 11 is 0. The molecule has 0 saturated carbocycles. The van der Waals surface area contributed by atoms with Gasteiger partial charge in [0.15, 0.2) is 5.65 Å². The van der Waals surface area contributed by atoms with E-state index in [1.54, 1.807) is 30.1 Å². The second-order valence-electron chi connectivity index (χ2n) is 6.00. The van der Waals surface area contributed by atoms with Gasteiger partial charge in [0.05, 0.1) is 19.4 Å². The van der Waals surface area contributed by atoms with Crippen LogP contribution in [0.3, 0.4) is 0 Å². The fraction of sp³-hybridized carbons (Fsp3) is 0.158. The van der Waals surface area contributed by atoms with E-state index >= 15 is 0 Å². The maximum atomic E-state index is 5.72. The summed E-state index contributed by atoms with van der Waals surface area (Å²) in [5.74, 6) is 1.43. The van der Waals surface area contributed by atoms with Crippen molar-refractivity contribution in [2.45, 2.75) is 6.42 Å². The molecule has 0 fully saturated rings. The predicted molar refractivity (Wildman–Crippen MR) is 95.2 cm³/mol. The number of hydrogen-bond acceptors (Lipinski definition) is 6. The van der Waals surface area contributed by atoms with Crippen LogP contribution in [-0.2, 0) is 6.42 Å². The molecule has 3 aromatic heterocycles. The van der Waals surface area contributed by atoms with Gasteiger partial charge in [-0.1, -0.05) is 12.1 Å². The largest absolute Gasteiger partial charge is 0.493 e. The average molecular weight is 345 g/mol. The summed E-state index contributed by atoms with van der Waals surface area (Å²) in [6, 6.07) is 9.88. The first-order valence-electron chi connectivity index (χ1n) is 8.29. The molecule has 1 aliphatic rings. The van der Waals surface area contributed by atoms with Crippen molar-refractivity contribution in [1.82, 2.24) is 24.6 Å². The number of ether oxygens (including phenoxy) is 2. The normalized spacial score (nSPS) is 12.8. The highest BCUT2D eigenvalue weighted by molar-refractivity contribution is 5.81. The molecule has 5 rings (SSSR count). The Hall–Kier alpha value is -3.48. The van der Waals surface area contributed by atoms with Crippen LogP contribution in [0.15, 0.2) is 49.1 Å². The van der Waals surface area contributed by atoms with Gasteiger partial charge in [-0.3, -0.25) is 0 Å². The van der Waals surface area contributed by atoms with Gasteiger partial charge in [0, 0.05) is 36.0 Å². The maximum Gasteiger partial charge on any atom is 0.231 e. The van der Waals surface area contributed by atoms with E-state index in [4.69, 9.17) is 14.5 Å². The van der Waals surface area contributed by atoms with Gasteiger partial charge in [0.2, 0.25) is 5.88 Å². The van der Waals surface area contributed by atoms with E-state index in [0.29, 0.717) is 5.88 Å². The molecule has 0 bridgehead atoms. The Morgan fingerprint density at radius 1 is 1.08 bits per heavy atom. The molecule has 1 aliphatic heterocycles. The summed E-state index contributed by atoms with van der Waals surface area (Å²) in [6.07, 6.45) is 5.96. The quantitative estimate of drug-likeness (QED) is 0.568. The number of benzene rings is 1. The van der Waals surface area contributed by atoms with Crippen molar-refractivity contribution in [3.8, 4) is 34.1 Å². The molecule has 0 spiro atoms. The Kier molecular flexibility index (Phi) is 3.31. The fourth-order valence-electron chi connectivity index (χ4n) is 3.22. The van der Waals surface area contributed by atoms with Gasteiger partial charge < -0.3 is 9.47 Å². The predicted octanol–water partition coefficient (Wildman–Crippen LogP) is 2.80. The molecular formula is C19H15N5O2. The van der Waals surface area contributed by atoms with Crippen LogP contribution < -0.4 is 9.47 Å². The van der Waals surface area contributed by atoms with Crippen molar-refractivity contribution < 1.29 is 9.47 Å². The molecule has 7 heteroatoms. The van der Waals surface area contributed by atoms with Crippen LogP contribution in [-0.4, -0.2) is 38.3 Å². The molecule has 0 N–H and O–H groups in total. The summed E-state index contributed by atoms with van der Waals surface area (Å²) in [5.41, 5.74) is 5.37. The van der Waals surface area contributed by atoms with E-state index in [0.717, 1.165) is 46.9 Å². The lowest BCUT2D eigenvalue weighted by Gasteiger charge is -2.06. The second kappa shape index (κ2) is 5.80. The van der Waals surface area contributed by atoms with Gasteiger partial charge in [-0.15, -0.1) is 5.10 Å². The first-order chi connectivity index (χ1) is 12.8. The molecule has 128 valence electrons. The molecule has 0 radical (unpaired) electrons. The monoisotopic (exact) mass is 345 g/mol. The van der Waals surface area contributed by atoms with Gasteiger partial charge in [0.1, 0.15) is 17.8 Å². The summed E-state index contributed by atoms with van der Waals surface area (Å²) in [4.78, 5) is 13.1. The molecule has 0 amide bonds. The van der Waals surface area contributed by atoms with E-state index in [1.165, 1.54) is 11.9 Å². The molecule has 0 unspecified atom stereocenters. The van der Waals surface area contributed by atoms with Crippen molar-refractivity contribution in [1.29, 1.82) is 0 Å². The minimum Gasteiger partial charge on any atom is -0.493 e. The van der Waals surface area contributed by atoms with Crippen LogP contribution >= 0.6 is 0 Å². The highest BCUT2D eigenvalue weighted by Crippen LogP contribution is 2.36. The Morgan fingerprint density at radius 3 is 2.81 bits per heavy atom. The number of aromatic nitrogens is 5. The van der Waals surface area contributed by atoms with Gasteiger partial charge in [-0.2, -0.15) is 0 Å². The van der Waals surface area contributed by atoms with Crippen molar-refractivity contribution in [2.75, 3.05) is 13.7 Å². The lowest BCUT2D eigenvalue weighted by molar-refractivity contribution is 0.357. The van der Waals surface area contributed by atoms with Gasteiger partial charge in [0.25, 0.3) is 0 Å². The third-order valence-electron chi connectivity index (χ3n) is 4.47. The molecule has 0 aliphatic carbocycles. The van der Waals surface area contributed by atoms with E-state index in [-0.39, 0.29) is 0 Å². The van der Waals surface area contributed by atoms with Crippen LogP contribution in [0, 0.1) is 0 Å². The van der Waals surface area contributed by atoms with Crippen LogP contribution in [0.4, 0.5) is 0 Å². The zero-order chi connectivity index (χ0) is 17.5. The number of rotatable bonds is 3. The highest BCUT2D eigenvalue weighted by Gasteiger charge is 2.20. The third-order valence-corrected chi connectivity index (χ3v) is 4.47. The van der Waals surface area contributed by atoms with E-state index in [9.17, 15) is 0 Å². The molecular weight excluding hydrogens is 330 g/mol. The van der Waals surface area contributed by atoms with Gasteiger partial charge >= 0.3 is 0 Å². The molecule has 4 heterocycles. The number of imidazole rings is 1. The Labute approximate surface area is 149 Å². The Bertz CT molecular complexity index is 1110. The van der Waals surface area contributed by atoms with E-state index < -0.39 is 0 Å². The van der Waals surface area contributed by atoms with Gasteiger partial charge in [-0.05, 0) is 17.7 Å². The number of methoxy groups -OCH3 is 1. The maximum absolute atomic E-state index is 5.72. The average Bonchev–Trinajstić information content (AvgIpc) is 3.31. The third kappa shape index (κ3) is 2.28. The molecule has 0 saturated heterocycles. The summed E-state index contributed by atoms with van der Waals surface area (Å²) < 4.78 is 12.8. The summed E-state index contributed by atoms with van der Waals surface area (Å²) in [7, 11) is 1.59.